The minimum atomic E-state index is 0.153. The Morgan fingerprint density at radius 3 is 2.79 bits per heavy atom. The molecule has 1 saturated carbocycles. The maximum atomic E-state index is 4.38. The van der Waals surface area contributed by atoms with E-state index in [0.29, 0.717) is 6.04 Å². The van der Waals surface area contributed by atoms with Gasteiger partial charge in [-0.2, -0.15) is 11.8 Å². The fourth-order valence-corrected chi connectivity index (χ4v) is 3.78. The van der Waals surface area contributed by atoms with E-state index in [-0.39, 0.29) is 5.54 Å². The van der Waals surface area contributed by atoms with Gasteiger partial charge in [0.2, 0.25) is 0 Å². The second kappa shape index (κ2) is 6.31. The van der Waals surface area contributed by atoms with Crippen molar-refractivity contribution in [1.82, 2.24) is 14.9 Å². The standard InChI is InChI=1S/C15H27N3S/c1-15(2,3)17-10-12-9-16-11-18(12)13-7-5-6-8-14(13)19-4/h9,11,13-14,17H,5-8,10H2,1-4H3. The minimum Gasteiger partial charge on any atom is -0.329 e. The van der Waals surface area contributed by atoms with Gasteiger partial charge in [-0.1, -0.05) is 12.8 Å². The predicted molar refractivity (Wildman–Crippen MR) is 83.6 cm³/mol. The van der Waals surface area contributed by atoms with Gasteiger partial charge in [0, 0.05) is 29.6 Å². The molecule has 108 valence electrons. The van der Waals surface area contributed by atoms with Gasteiger partial charge < -0.3 is 9.88 Å². The van der Waals surface area contributed by atoms with Gasteiger partial charge in [0.15, 0.2) is 0 Å². The molecule has 19 heavy (non-hydrogen) atoms. The summed E-state index contributed by atoms with van der Waals surface area (Å²) >= 11 is 2.02. The number of imidazole rings is 1. The van der Waals surface area contributed by atoms with Gasteiger partial charge in [-0.05, 0) is 39.9 Å². The van der Waals surface area contributed by atoms with Crippen molar-refractivity contribution in [2.75, 3.05) is 6.26 Å². The highest BCUT2D eigenvalue weighted by Gasteiger charge is 2.27. The van der Waals surface area contributed by atoms with Crippen LogP contribution in [0.2, 0.25) is 0 Å². The third-order valence-electron chi connectivity index (χ3n) is 3.87. The van der Waals surface area contributed by atoms with E-state index in [0.717, 1.165) is 11.8 Å². The Hall–Kier alpha value is -0.480. The molecule has 2 atom stereocenters. The summed E-state index contributed by atoms with van der Waals surface area (Å²) in [5.74, 6) is 0. The van der Waals surface area contributed by atoms with Crippen LogP contribution in [0.1, 0.15) is 58.2 Å². The van der Waals surface area contributed by atoms with Crippen LogP contribution in [0, 0.1) is 0 Å². The van der Waals surface area contributed by atoms with Crippen molar-refractivity contribution >= 4 is 11.8 Å². The van der Waals surface area contributed by atoms with Crippen molar-refractivity contribution in [3.05, 3.63) is 18.2 Å². The zero-order valence-corrected chi connectivity index (χ0v) is 13.5. The van der Waals surface area contributed by atoms with Crippen molar-refractivity contribution in [1.29, 1.82) is 0 Å². The van der Waals surface area contributed by atoms with E-state index >= 15 is 0 Å². The second-order valence-electron chi connectivity index (χ2n) is 6.52. The quantitative estimate of drug-likeness (QED) is 0.914. The van der Waals surface area contributed by atoms with E-state index in [1.807, 2.05) is 24.3 Å². The lowest BCUT2D eigenvalue weighted by molar-refractivity contribution is 0.347. The highest BCUT2D eigenvalue weighted by molar-refractivity contribution is 7.99. The molecule has 0 radical (unpaired) electrons. The molecular weight excluding hydrogens is 254 g/mol. The Kier molecular flexibility index (Phi) is 4.96. The Bertz CT molecular complexity index is 394. The monoisotopic (exact) mass is 281 g/mol. The molecule has 2 unspecified atom stereocenters. The van der Waals surface area contributed by atoms with Gasteiger partial charge >= 0.3 is 0 Å². The van der Waals surface area contributed by atoms with Crippen LogP contribution in [0.25, 0.3) is 0 Å². The first-order chi connectivity index (χ1) is 9.01. The predicted octanol–water partition coefficient (Wildman–Crippen LogP) is 3.62. The first-order valence-corrected chi connectivity index (χ1v) is 8.58. The molecule has 0 aliphatic heterocycles. The van der Waals surface area contributed by atoms with Crippen molar-refractivity contribution in [3.63, 3.8) is 0 Å². The lowest BCUT2D eigenvalue weighted by atomic mass is 9.94. The average molecular weight is 281 g/mol. The van der Waals surface area contributed by atoms with Crippen LogP contribution in [-0.4, -0.2) is 26.6 Å². The molecule has 1 fully saturated rings. The minimum absolute atomic E-state index is 0.153. The number of hydrogen-bond donors (Lipinski definition) is 1. The van der Waals surface area contributed by atoms with E-state index in [1.54, 1.807) is 0 Å². The lowest BCUT2D eigenvalue weighted by Gasteiger charge is -2.33. The van der Waals surface area contributed by atoms with Crippen molar-refractivity contribution in [3.8, 4) is 0 Å². The van der Waals surface area contributed by atoms with E-state index in [1.165, 1.54) is 31.4 Å². The van der Waals surface area contributed by atoms with Crippen LogP contribution in [0.3, 0.4) is 0 Å². The van der Waals surface area contributed by atoms with Crippen molar-refractivity contribution in [2.45, 2.75) is 69.8 Å². The number of thioether (sulfide) groups is 1. The van der Waals surface area contributed by atoms with Crippen LogP contribution < -0.4 is 5.32 Å². The van der Waals surface area contributed by atoms with Gasteiger partial charge in [0.1, 0.15) is 0 Å². The highest BCUT2D eigenvalue weighted by Crippen LogP contribution is 2.36. The molecule has 2 rings (SSSR count). The van der Waals surface area contributed by atoms with Crippen molar-refractivity contribution < 1.29 is 0 Å². The molecule has 0 spiro atoms. The fraction of sp³-hybridized carbons (Fsp3) is 0.800. The summed E-state index contributed by atoms with van der Waals surface area (Å²) in [6.45, 7) is 7.53. The Balaban J connectivity index is 2.09. The molecule has 1 aliphatic rings. The second-order valence-corrected chi connectivity index (χ2v) is 7.60. The van der Waals surface area contributed by atoms with Gasteiger partial charge in [-0.25, -0.2) is 4.98 Å². The molecule has 1 N–H and O–H groups in total. The van der Waals surface area contributed by atoms with Gasteiger partial charge in [0.05, 0.1) is 12.0 Å². The van der Waals surface area contributed by atoms with Gasteiger partial charge in [-0.15, -0.1) is 0 Å². The number of rotatable bonds is 4. The van der Waals surface area contributed by atoms with E-state index in [9.17, 15) is 0 Å². The Morgan fingerprint density at radius 2 is 2.11 bits per heavy atom. The number of aromatic nitrogens is 2. The first kappa shape index (κ1) is 14.9. The summed E-state index contributed by atoms with van der Waals surface area (Å²) in [5, 5.41) is 4.32. The van der Waals surface area contributed by atoms with Crippen LogP contribution in [0.4, 0.5) is 0 Å². The topological polar surface area (TPSA) is 29.9 Å². The van der Waals surface area contributed by atoms with E-state index in [2.05, 4.69) is 41.9 Å². The normalized spacial score (nSPS) is 24.6. The molecular formula is C15H27N3S. The first-order valence-electron chi connectivity index (χ1n) is 7.30. The van der Waals surface area contributed by atoms with E-state index < -0.39 is 0 Å². The third-order valence-corrected chi connectivity index (χ3v) is 5.03. The van der Waals surface area contributed by atoms with Gasteiger partial charge in [0.25, 0.3) is 0 Å². The molecule has 1 aromatic rings. The molecule has 3 nitrogen and oxygen atoms in total. The molecule has 0 saturated heterocycles. The summed E-state index contributed by atoms with van der Waals surface area (Å²) < 4.78 is 2.42. The molecule has 0 amide bonds. The van der Waals surface area contributed by atoms with Gasteiger partial charge in [-0.3, -0.25) is 0 Å². The van der Waals surface area contributed by atoms with Crippen LogP contribution in [0.15, 0.2) is 12.5 Å². The fourth-order valence-electron chi connectivity index (χ4n) is 2.79. The Morgan fingerprint density at radius 1 is 1.37 bits per heavy atom. The maximum Gasteiger partial charge on any atom is 0.0951 e. The number of nitrogens with zero attached hydrogens (tertiary/aromatic N) is 2. The summed E-state index contributed by atoms with van der Waals surface area (Å²) in [4.78, 5) is 4.38. The van der Waals surface area contributed by atoms with Crippen LogP contribution >= 0.6 is 11.8 Å². The maximum absolute atomic E-state index is 4.38. The van der Waals surface area contributed by atoms with Crippen LogP contribution in [-0.2, 0) is 6.54 Å². The largest absolute Gasteiger partial charge is 0.329 e. The van der Waals surface area contributed by atoms with Crippen molar-refractivity contribution in [2.24, 2.45) is 0 Å². The molecule has 1 aromatic heterocycles. The average Bonchev–Trinajstić information content (AvgIpc) is 2.83. The zero-order chi connectivity index (χ0) is 13.9. The molecule has 0 aromatic carbocycles. The Labute approximate surface area is 121 Å². The number of nitrogens with one attached hydrogen (secondary N) is 1. The SMILES string of the molecule is CSC1CCCCC1n1cncc1CNC(C)(C)C. The molecule has 1 aliphatic carbocycles. The third kappa shape index (κ3) is 3.99. The molecule has 0 bridgehead atoms. The lowest BCUT2D eigenvalue weighted by Crippen LogP contribution is -2.36. The zero-order valence-electron chi connectivity index (χ0n) is 12.6. The highest BCUT2D eigenvalue weighted by atomic mass is 32.2. The smallest absolute Gasteiger partial charge is 0.0951 e. The summed E-state index contributed by atoms with van der Waals surface area (Å²) in [5.41, 5.74) is 1.47. The van der Waals surface area contributed by atoms with Crippen LogP contribution in [0.5, 0.6) is 0 Å². The molecule has 4 heteroatoms. The summed E-state index contributed by atoms with van der Waals surface area (Å²) in [6.07, 6.45) is 11.7. The summed E-state index contributed by atoms with van der Waals surface area (Å²) in [7, 11) is 0. The van der Waals surface area contributed by atoms with E-state index in [4.69, 9.17) is 0 Å². The summed E-state index contributed by atoms with van der Waals surface area (Å²) in [6, 6.07) is 0.628. The molecule has 1 heterocycles. The number of hydrogen-bond acceptors (Lipinski definition) is 3.